The summed E-state index contributed by atoms with van der Waals surface area (Å²) in [6, 6.07) is 14.8. The number of ether oxygens (including phenoxy) is 1. The highest BCUT2D eigenvalue weighted by atomic mass is 16.5. The predicted octanol–water partition coefficient (Wildman–Crippen LogP) is 3.60. The second kappa shape index (κ2) is 7.77. The van der Waals surface area contributed by atoms with E-state index in [9.17, 15) is 9.59 Å². The van der Waals surface area contributed by atoms with Crippen molar-refractivity contribution in [3.8, 4) is 16.9 Å². The molecule has 2 aromatic carbocycles. The Morgan fingerprint density at radius 1 is 1.00 bits per heavy atom. The molecular formula is C20H21NO3. The van der Waals surface area contributed by atoms with E-state index in [4.69, 9.17) is 4.74 Å². The van der Waals surface area contributed by atoms with Crippen LogP contribution in [0.1, 0.15) is 36.0 Å². The van der Waals surface area contributed by atoms with Gasteiger partial charge >= 0.3 is 0 Å². The molecule has 3 rings (SSSR count). The lowest BCUT2D eigenvalue weighted by Gasteiger charge is -2.16. The fourth-order valence-corrected chi connectivity index (χ4v) is 2.94. The summed E-state index contributed by atoms with van der Waals surface area (Å²) in [7, 11) is 0. The van der Waals surface area contributed by atoms with Crippen LogP contribution in [0.15, 0.2) is 48.5 Å². The molecule has 0 saturated heterocycles. The summed E-state index contributed by atoms with van der Waals surface area (Å²) in [6.07, 6.45) is 4.26. The van der Waals surface area contributed by atoms with E-state index in [0.29, 0.717) is 18.6 Å². The van der Waals surface area contributed by atoms with E-state index >= 15 is 0 Å². The fraction of sp³-hybridized carbons (Fsp3) is 0.300. The molecule has 0 aromatic heterocycles. The molecule has 1 N–H and O–H groups in total. The molecule has 4 heteroatoms. The van der Waals surface area contributed by atoms with Crippen molar-refractivity contribution in [2.24, 2.45) is 0 Å². The van der Waals surface area contributed by atoms with Crippen LogP contribution < -0.4 is 10.1 Å². The van der Waals surface area contributed by atoms with Crippen LogP contribution >= 0.6 is 0 Å². The maximum absolute atomic E-state index is 12.6. The Hall–Kier alpha value is -2.62. The summed E-state index contributed by atoms with van der Waals surface area (Å²) in [5, 5.41) is 2.85. The summed E-state index contributed by atoms with van der Waals surface area (Å²) >= 11 is 0. The number of rotatable bonds is 1. The van der Waals surface area contributed by atoms with E-state index in [1.807, 2.05) is 42.5 Å². The molecular weight excluding hydrogens is 302 g/mol. The molecule has 1 heterocycles. The molecule has 0 unspecified atom stereocenters. The largest absolute Gasteiger partial charge is 0.494 e. The van der Waals surface area contributed by atoms with Crippen molar-refractivity contribution in [3.63, 3.8) is 0 Å². The number of carbonyl (C=O) groups excluding carboxylic acids is 2. The first kappa shape index (κ1) is 16.2. The molecule has 0 aliphatic carbocycles. The first-order valence-electron chi connectivity index (χ1n) is 8.36. The van der Waals surface area contributed by atoms with Gasteiger partial charge in [0.1, 0.15) is 12.0 Å². The Kier molecular flexibility index (Phi) is 5.26. The van der Waals surface area contributed by atoms with Gasteiger partial charge in [-0.1, -0.05) is 36.8 Å². The van der Waals surface area contributed by atoms with E-state index in [0.717, 1.165) is 42.4 Å². The highest BCUT2D eigenvalue weighted by Gasteiger charge is 2.17. The van der Waals surface area contributed by atoms with Crippen molar-refractivity contribution in [2.75, 3.05) is 6.61 Å². The quantitative estimate of drug-likeness (QED) is 0.816. The van der Waals surface area contributed by atoms with Crippen molar-refractivity contribution in [1.82, 2.24) is 5.32 Å². The molecule has 1 aliphatic heterocycles. The molecule has 0 spiro atoms. The van der Waals surface area contributed by atoms with Gasteiger partial charge in [0.05, 0.1) is 12.6 Å². The third-order valence-electron chi connectivity index (χ3n) is 4.23. The minimum atomic E-state index is -0.444. The van der Waals surface area contributed by atoms with E-state index in [2.05, 4.69) is 5.32 Å². The number of fused-ring (bicyclic) bond motifs is 4. The van der Waals surface area contributed by atoms with Gasteiger partial charge in [-0.05, 0) is 48.6 Å². The van der Waals surface area contributed by atoms with Crippen LogP contribution in [0.5, 0.6) is 5.75 Å². The van der Waals surface area contributed by atoms with Crippen LogP contribution in [0.4, 0.5) is 0 Å². The molecule has 4 nitrogen and oxygen atoms in total. The van der Waals surface area contributed by atoms with Crippen LogP contribution in [-0.2, 0) is 4.79 Å². The van der Waals surface area contributed by atoms with Gasteiger partial charge < -0.3 is 14.8 Å². The lowest BCUT2D eigenvalue weighted by atomic mass is 9.98. The molecule has 0 saturated carbocycles. The molecule has 0 fully saturated rings. The van der Waals surface area contributed by atoms with Crippen molar-refractivity contribution in [2.45, 2.75) is 31.7 Å². The topological polar surface area (TPSA) is 55.4 Å². The molecule has 1 amide bonds. The van der Waals surface area contributed by atoms with Gasteiger partial charge in [0, 0.05) is 5.56 Å². The highest BCUT2D eigenvalue weighted by molar-refractivity contribution is 6.01. The average Bonchev–Trinajstić information content (AvgIpc) is 2.63. The number of hydrogen-bond acceptors (Lipinski definition) is 3. The Bertz CT molecular complexity index is 726. The lowest BCUT2D eigenvalue weighted by Crippen LogP contribution is -2.36. The molecule has 0 radical (unpaired) electrons. The summed E-state index contributed by atoms with van der Waals surface area (Å²) in [5.41, 5.74) is 2.33. The monoisotopic (exact) mass is 323 g/mol. The van der Waals surface area contributed by atoms with E-state index in [1.165, 1.54) is 0 Å². The van der Waals surface area contributed by atoms with Gasteiger partial charge in [0.2, 0.25) is 0 Å². The zero-order valence-electron chi connectivity index (χ0n) is 13.5. The number of carbonyl (C=O) groups is 2. The maximum atomic E-state index is 12.6. The predicted molar refractivity (Wildman–Crippen MR) is 93.2 cm³/mol. The van der Waals surface area contributed by atoms with Gasteiger partial charge in [-0.3, -0.25) is 4.79 Å². The van der Waals surface area contributed by atoms with Gasteiger partial charge in [-0.25, -0.2) is 0 Å². The molecule has 124 valence electrons. The second-order valence-corrected chi connectivity index (χ2v) is 5.99. The Morgan fingerprint density at radius 2 is 1.83 bits per heavy atom. The van der Waals surface area contributed by atoms with Crippen LogP contribution in [0.25, 0.3) is 11.1 Å². The second-order valence-electron chi connectivity index (χ2n) is 5.99. The van der Waals surface area contributed by atoms with Gasteiger partial charge in [-0.2, -0.15) is 0 Å². The first-order valence-corrected chi connectivity index (χ1v) is 8.36. The van der Waals surface area contributed by atoms with Crippen molar-refractivity contribution in [1.29, 1.82) is 0 Å². The summed E-state index contributed by atoms with van der Waals surface area (Å²) in [6.45, 7) is 0.656. The van der Waals surface area contributed by atoms with Crippen molar-refractivity contribution >= 4 is 12.2 Å². The minimum Gasteiger partial charge on any atom is -0.494 e. The number of amides is 1. The summed E-state index contributed by atoms with van der Waals surface area (Å²) in [5.74, 6) is 0.594. The lowest BCUT2D eigenvalue weighted by molar-refractivity contribution is -0.109. The van der Waals surface area contributed by atoms with Gasteiger partial charge in [0.25, 0.3) is 5.91 Å². The van der Waals surface area contributed by atoms with Crippen molar-refractivity contribution in [3.05, 3.63) is 54.1 Å². The standard InChI is InChI=1S/C20H21NO3/c22-14-16-8-2-1-5-12-24-17-9-6-7-15(13-17)18-10-3-4-11-19(18)20(23)21-16/h3-4,6-7,9-11,13-14,16H,1-2,5,8,12H2,(H,21,23)/t16-/m0/s1. The van der Waals surface area contributed by atoms with Crippen LogP contribution in [0.2, 0.25) is 0 Å². The maximum Gasteiger partial charge on any atom is 0.252 e. The minimum absolute atomic E-state index is 0.217. The average molecular weight is 323 g/mol. The first-order chi connectivity index (χ1) is 11.8. The zero-order valence-corrected chi connectivity index (χ0v) is 13.5. The van der Waals surface area contributed by atoms with E-state index < -0.39 is 6.04 Å². The van der Waals surface area contributed by atoms with Gasteiger partial charge in [-0.15, -0.1) is 0 Å². The molecule has 1 atom stereocenters. The van der Waals surface area contributed by atoms with Crippen LogP contribution in [0, 0.1) is 0 Å². The third kappa shape index (κ3) is 3.82. The van der Waals surface area contributed by atoms with E-state index in [1.54, 1.807) is 6.07 Å². The number of aldehydes is 1. The van der Waals surface area contributed by atoms with Gasteiger partial charge in [0.15, 0.2) is 0 Å². The Balaban J connectivity index is 2.00. The van der Waals surface area contributed by atoms with Crippen molar-refractivity contribution < 1.29 is 14.3 Å². The van der Waals surface area contributed by atoms with Crippen LogP contribution in [-0.4, -0.2) is 24.8 Å². The third-order valence-corrected chi connectivity index (χ3v) is 4.23. The molecule has 2 bridgehead atoms. The SMILES string of the molecule is O=C[C@@H]1CCCCCOc2cccc(c2)-c2ccccc2C(=O)N1. The summed E-state index contributed by atoms with van der Waals surface area (Å²) in [4.78, 5) is 23.9. The molecule has 24 heavy (non-hydrogen) atoms. The normalized spacial score (nSPS) is 18.5. The zero-order chi connectivity index (χ0) is 16.8. The number of nitrogens with one attached hydrogen (secondary N) is 1. The Morgan fingerprint density at radius 3 is 2.67 bits per heavy atom. The van der Waals surface area contributed by atoms with E-state index in [-0.39, 0.29) is 5.91 Å². The molecule has 1 aliphatic rings. The fourth-order valence-electron chi connectivity index (χ4n) is 2.94. The Labute approximate surface area is 141 Å². The number of hydrogen-bond donors (Lipinski definition) is 1. The molecule has 2 aromatic rings. The summed E-state index contributed by atoms with van der Waals surface area (Å²) < 4.78 is 5.82. The smallest absolute Gasteiger partial charge is 0.252 e. The van der Waals surface area contributed by atoms with Crippen LogP contribution in [0.3, 0.4) is 0 Å². The number of benzene rings is 2. The highest BCUT2D eigenvalue weighted by Crippen LogP contribution is 2.27.